The molecule has 0 saturated carbocycles. The lowest BCUT2D eigenvalue weighted by molar-refractivity contribution is -0.387. The predicted octanol–water partition coefficient (Wildman–Crippen LogP) is 2.17. The van der Waals surface area contributed by atoms with Crippen molar-refractivity contribution < 1.29 is 32.1 Å². The quantitative estimate of drug-likeness (QED) is 0.409. The van der Waals surface area contributed by atoms with Gasteiger partial charge in [-0.1, -0.05) is 12.1 Å². The SMILES string of the molecule is C[C@H](NC(=O)COC(=O)c1ccc(S(C)(=O)=O)c([N+](=O)[O-])c1)c1ccc(F)cc1. The summed E-state index contributed by atoms with van der Waals surface area (Å²) in [5.41, 5.74) is -0.405. The van der Waals surface area contributed by atoms with Crippen molar-refractivity contribution in [1.29, 1.82) is 0 Å². The smallest absolute Gasteiger partial charge is 0.338 e. The van der Waals surface area contributed by atoms with Crippen molar-refractivity contribution in [1.82, 2.24) is 5.32 Å². The van der Waals surface area contributed by atoms with E-state index in [2.05, 4.69) is 5.32 Å². The van der Waals surface area contributed by atoms with Crippen molar-refractivity contribution in [2.75, 3.05) is 12.9 Å². The zero-order valence-electron chi connectivity index (χ0n) is 15.4. The summed E-state index contributed by atoms with van der Waals surface area (Å²) in [6.07, 6.45) is 0.806. The second-order valence-corrected chi connectivity index (χ2v) is 8.11. The number of hydrogen-bond donors (Lipinski definition) is 1. The number of benzene rings is 2. The van der Waals surface area contributed by atoms with E-state index in [-0.39, 0.29) is 5.56 Å². The zero-order valence-corrected chi connectivity index (χ0v) is 16.2. The van der Waals surface area contributed by atoms with Crippen molar-refractivity contribution in [2.45, 2.75) is 17.9 Å². The van der Waals surface area contributed by atoms with E-state index in [1.54, 1.807) is 6.92 Å². The monoisotopic (exact) mass is 424 g/mol. The molecule has 0 aromatic heterocycles. The van der Waals surface area contributed by atoms with Gasteiger partial charge in [0.1, 0.15) is 10.7 Å². The van der Waals surface area contributed by atoms with Gasteiger partial charge in [-0.25, -0.2) is 17.6 Å². The molecule has 154 valence electrons. The van der Waals surface area contributed by atoms with Crippen LogP contribution >= 0.6 is 0 Å². The van der Waals surface area contributed by atoms with E-state index in [1.165, 1.54) is 24.3 Å². The first-order valence-electron chi connectivity index (χ1n) is 8.19. The zero-order chi connectivity index (χ0) is 21.8. The number of carbonyl (C=O) groups excluding carboxylic acids is 2. The van der Waals surface area contributed by atoms with Crippen LogP contribution in [0.2, 0.25) is 0 Å². The number of ether oxygens (including phenoxy) is 1. The normalized spacial score (nSPS) is 12.1. The van der Waals surface area contributed by atoms with Crippen molar-refractivity contribution in [3.05, 3.63) is 69.5 Å². The van der Waals surface area contributed by atoms with Gasteiger partial charge in [-0.2, -0.15) is 0 Å². The molecule has 1 atom stereocenters. The third kappa shape index (κ3) is 5.82. The molecule has 11 heteroatoms. The number of sulfone groups is 1. The van der Waals surface area contributed by atoms with Crippen LogP contribution in [0.25, 0.3) is 0 Å². The summed E-state index contributed by atoms with van der Waals surface area (Å²) in [5.74, 6) is -2.09. The van der Waals surface area contributed by atoms with Crippen molar-refractivity contribution >= 4 is 27.4 Å². The summed E-state index contributed by atoms with van der Waals surface area (Å²) in [7, 11) is -3.87. The van der Waals surface area contributed by atoms with Crippen LogP contribution in [0.3, 0.4) is 0 Å². The summed E-state index contributed by atoms with van der Waals surface area (Å²) < 4.78 is 41.0. The fourth-order valence-electron chi connectivity index (χ4n) is 2.43. The van der Waals surface area contributed by atoms with E-state index in [1.807, 2.05) is 0 Å². The van der Waals surface area contributed by atoms with E-state index < -0.39 is 55.7 Å². The Morgan fingerprint density at radius 2 is 1.83 bits per heavy atom. The highest BCUT2D eigenvalue weighted by Gasteiger charge is 2.24. The van der Waals surface area contributed by atoms with Gasteiger partial charge in [-0.15, -0.1) is 0 Å². The highest BCUT2D eigenvalue weighted by Crippen LogP contribution is 2.25. The standard InChI is InChI=1S/C18H17FN2O7S/c1-11(12-3-6-14(19)7-4-12)20-17(22)10-28-18(23)13-5-8-16(29(2,26)27)15(9-13)21(24)25/h3-9,11H,10H2,1-2H3,(H,20,22)/t11-/m0/s1. The molecule has 0 fully saturated rings. The number of halogens is 1. The molecule has 29 heavy (non-hydrogen) atoms. The topological polar surface area (TPSA) is 133 Å². The second-order valence-electron chi connectivity index (χ2n) is 6.13. The second kappa shape index (κ2) is 8.78. The van der Waals surface area contributed by atoms with Crippen molar-refractivity contribution in [3.8, 4) is 0 Å². The van der Waals surface area contributed by atoms with Crippen LogP contribution in [0.4, 0.5) is 10.1 Å². The van der Waals surface area contributed by atoms with Gasteiger partial charge in [-0.3, -0.25) is 14.9 Å². The van der Waals surface area contributed by atoms with Gasteiger partial charge in [0.25, 0.3) is 11.6 Å². The molecule has 0 aliphatic carbocycles. The minimum Gasteiger partial charge on any atom is -0.452 e. The molecule has 1 amide bonds. The van der Waals surface area contributed by atoms with E-state index in [0.717, 1.165) is 24.5 Å². The molecule has 0 radical (unpaired) electrons. The molecule has 0 heterocycles. The molecule has 0 saturated heterocycles. The first-order chi connectivity index (χ1) is 13.5. The number of hydrogen-bond acceptors (Lipinski definition) is 7. The molecule has 0 bridgehead atoms. The number of nitrogens with one attached hydrogen (secondary N) is 1. The Kier molecular flexibility index (Phi) is 6.64. The number of carbonyl (C=O) groups is 2. The largest absolute Gasteiger partial charge is 0.452 e. The fourth-order valence-corrected chi connectivity index (χ4v) is 3.26. The maximum Gasteiger partial charge on any atom is 0.338 e. The van der Waals surface area contributed by atoms with Gasteiger partial charge < -0.3 is 10.1 Å². The molecule has 0 unspecified atom stereocenters. The van der Waals surface area contributed by atoms with Crippen LogP contribution in [-0.4, -0.2) is 38.1 Å². The maximum atomic E-state index is 12.9. The number of nitro benzene ring substituents is 1. The fraction of sp³-hybridized carbons (Fsp3) is 0.222. The molecule has 2 aromatic carbocycles. The summed E-state index contributed by atoms with van der Waals surface area (Å²) in [5, 5.41) is 13.6. The highest BCUT2D eigenvalue weighted by atomic mass is 32.2. The Morgan fingerprint density at radius 3 is 2.38 bits per heavy atom. The van der Waals surface area contributed by atoms with E-state index >= 15 is 0 Å². The molecular weight excluding hydrogens is 407 g/mol. The summed E-state index contributed by atoms with van der Waals surface area (Å²) >= 11 is 0. The van der Waals surface area contributed by atoms with Gasteiger partial charge in [0.05, 0.1) is 16.5 Å². The number of nitro groups is 1. The maximum absolute atomic E-state index is 12.9. The minimum atomic E-state index is -3.87. The van der Waals surface area contributed by atoms with Crippen LogP contribution in [0, 0.1) is 15.9 Å². The van der Waals surface area contributed by atoms with E-state index in [0.29, 0.717) is 5.56 Å². The van der Waals surface area contributed by atoms with Crippen LogP contribution in [0.15, 0.2) is 47.4 Å². The van der Waals surface area contributed by atoms with E-state index in [9.17, 15) is 32.5 Å². The van der Waals surface area contributed by atoms with Crippen molar-refractivity contribution in [3.63, 3.8) is 0 Å². The number of amides is 1. The Hall–Kier alpha value is -3.34. The third-order valence-electron chi connectivity index (χ3n) is 3.87. The average molecular weight is 424 g/mol. The van der Waals surface area contributed by atoms with Gasteiger partial charge >= 0.3 is 5.97 Å². The predicted molar refractivity (Wildman–Crippen MR) is 99.4 cm³/mol. The van der Waals surface area contributed by atoms with Gasteiger partial charge in [0.15, 0.2) is 16.4 Å². The Labute approximate surface area is 165 Å². The van der Waals surface area contributed by atoms with Crippen LogP contribution in [0.5, 0.6) is 0 Å². The van der Waals surface area contributed by atoms with Gasteiger partial charge in [0.2, 0.25) is 0 Å². The minimum absolute atomic E-state index is 0.275. The summed E-state index contributed by atoms with van der Waals surface area (Å²) in [6, 6.07) is 7.76. The highest BCUT2D eigenvalue weighted by molar-refractivity contribution is 7.90. The average Bonchev–Trinajstić information content (AvgIpc) is 2.65. The lowest BCUT2D eigenvalue weighted by atomic mass is 10.1. The number of rotatable bonds is 7. The third-order valence-corrected chi connectivity index (χ3v) is 5.02. The summed E-state index contributed by atoms with van der Waals surface area (Å²) in [4.78, 5) is 33.6. The van der Waals surface area contributed by atoms with Crippen LogP contribution < -0.4 is 5.32 Å². The van der Waals surface area contributed by atoms with Crippen molar-refractivity contribution in [2.24, 2.45) is 0 Å². The van der Waals surface area contributed by atoms with Crippen LogP contribution in [0.1, 0.15) is 28.9 Å². The van der Waals surface area contributed by atoms with E-state index in [4.69, 9.17) is 4.74 Å². The number of nitrogens with zero attached hydrogens (tertiary/aromatic N) is 1. The number of esters is 1. The summed E-state index contributed by atoms with van der Waals surface area (Å²) in [6.45, 7) is 0.992. The van der Waals surface area contributed by atoms with Crippen LogP contribution in [-0.2, 0) is 19.4 Å². The molecule has 0 spiro atoms. The van der Waals surface area contributed by atoms with Gasteiger partial charge in [0, 0.05) is 12.3 Å². The molecule has 0 aliphatic rings. The Balaban J connectivity index is 2.03. The molecule has 9 nitrogen and oxygen atoms in total. The van der Waals surface area contributed by atoms with Gasteiger partial charge in [-0.05, 0) is 36.8 Å². The lowest BCUT2D eigenvalue weighted by Gasteiger charge is -2.14. The molecule has 2 aromatic rings. The molecular formula is C18H17FN2O7S. The lowest BCUT2D eigenvalue weighted by Crippen LogP contribution is -2.31. The first-order valence-corrected chi connectivity index (χ1v) is 10.1. The first kappa shape index (κ1) is 22.0. The Bertz CT molecular complexity index is 1050. The molecule has 1 N–H and O–H groups in total. The molecule has 2 rings (SSSR count). The molecule has 0 aliphatic heterocycles. The Morgan fingerprint density at radius 1 is 1.21 bits per heavy atom.